The quantitative estimate of drug-likeness (QED) is 0.796. The number of aliphatic hydroxyl groups excluding tert-OH is 1. The average molecular weight is 304 g/mol. The summed E-state index contributed by atoms with van der Waals surface area (Å²) in [5.74, 6) is 0.710. The molecule has 1 aromatic carbocycles. The summed E-state index contributed by atoms with van der Waals surface area (Å²) in [4.78, 5) is 1.25. The van der Waals surface area contributed by atoms with Crippen molar-refractivity contribution in [3.8, 4) is 0 Å². The van der Waals surface area contributed by atoms with Crippen LogP contribution in [0.2, 0.25) is 0 Å². The molecule has 0 aliphatic carbocycles. The van der Waals surface area contributed by atoms with Gasteiger partial charge in [-0.3, -0.25) is 4.68 Å². The molecular weight excluding hydrogens is 280 g/mol. The van der Waals surface area contributed by atoms with Crippen LogP contribution >= 0.6 is 11.8 Å². The van der Waals surface area contributed by atoms with Crippen LogP contribution in [0.1, 0.15) is 30.8 Å². The summed E-state index contributed by atoms with van der Waals surface area (Å²) < 4.78 is 2.00. The SMILES string of the molecule is CCc1cc(CC(O)CSc2ccccc2C)n(CC)n1. The first-order valence-electron chi connectivity index (χ1n) is 7.56. The molecule has 2 aromatic rings. The first-order chi connectivity index (χ1) is 10.1. The highest BCUT2D eigenvalue weighted by molar-refractivity contribution is 7.99. The number of nitrogens with zero attached hydrogens (tertiary/aromatic N) is 2. The Bertz CT molecular complexity index is 580. The van der Waals surface area contributed by atoms with Crippen molar-refractivity contribution in [3.63, 3.8) is 0 Å². The lowest BCUT2D eigenvalue weighted by atomic mass is 10.2. The molecule has 0 saturated heterocycles. The van der Waals surface area contributed by atoms with E-state index in [0.29, 0.717) is 12.2 Å². The second-order valence-electron chi connectivity index (χ2n) is 5.23. The summed E-state index contributed by atoms with van der Waals surface area (Å²) in [6, 6.07) is 10.4. The van der Waals surface area contributed by atoms with E-state index in [-0.39, 0.29) is 6.10 Å². The number of hydrogen-bond donors (Lipinski definition) is 1. The molecule has 1 N–H and O–H groups in total. The van der Waals surface area contributed by atoms with Crippen molar-refractivity contribution in [1.29, 1.82) is 0 Å². The molecule has 0 saturated carbocycles. The van der Waals surface area contributed by atoms with Crippen LogP contribution in [0.4, 0.5) is 0 Å². The fourth-order valence-corrected chi connectivity index (χ4v) is 3.29. The Labute approximate surface area is 131 Å². The van der Waals surface area contributed by atoms with Crippen LogP contribution in [-0.2, 0) is 19.4 Å². The largest absolute Gasteiger partial charge is 0.392 e. The topological polar surface area (TPSA) is 38.0 Å². The first-order valence-corrected chi connectivity index (χ1v) is 8.54. The predicted molar refractivity (Wildman–Crippen MR) is 88.9 cm³/mol. The van der Waals surface area contributed by atoms with Gasteiger partial charge in [0.05, 0.1) is 11.8 Å². The van der Waals surface area contributed by atoms with Crippen LogP contribution in [0.3, 0.4) is 0 Å². The second kappa shape index (κ2) is 7.66. The van der Waals surface area contributed by atoms with Crippen LogP contribution in [0.15, 0.2) is 35.2 Å². The van der Waals surface area contributed by atoms with Gasteiger partial charge in [-0.2, -0.15) is 5.10 Å². The molecule has 1 heterocycles. The van der Waals surface area contributed by atoms with E-state index in [1.807, 2.05) is 16.8 Å². The van der Waals surface area contributed by atoms with Gasteiger partial charge >= 0.3 is 0 Å². The van der Waals surface area contributed by atoms with Gasteiger partial charge in [-0.25, -0.2) is 0 Å². The van der Waals surface area contributed by atoms with Crippen molar-refractivity contribution >= 4 is 11.8 Å². The van der Waals surface area contributed by atoms with E-state index in [9.17, 15) is 5.11 Å². The van der Waals surface area contributed by atoms with Gasteiger partial charge in [0, 0.05) is 29.3 Å². The van der Waals surface area contributed by atoms with E-state index in [1.54, 1.807) is 11.8 Å². The Morgan fingerprint density at radius 1 is 1.29 bits per heavy atom. The maximum absolute atomic E-state index is 10.3. The maximum Gasteiger partial charge on any atom is 0.0689 e. The fraction of sp³-hybridized carbons (Fsp3) is 0.471. The lowest BCUT2D eigenvalue weighted by Gasteiger charge is -2.12. The smallest absolute Gasteiger partial charge is 0.0689 e. The van der Waals surface area contributed by atoms with E-state index >= 15 is 0 Å². The number of aromatic nitrogens is 2. The van der Waals surface area contributed by atoms with Gasteiger partial charge < -0.3 is 5.11 Å². The summed E-state index contributed by atoms with van der Waals surface area (Å²) in [5, 5.41) is 14.8. The number of aryl methyl sites for hydroxylation is 3. The molecule has 3 nitrogen and oxygen atoms in total. The van der Waals surface area contributed by atoms with Crippen molar-refractivity contribution in [2.75, 3.05) is 5.75 Å². The second-order valence-corrected chi connectivity index (χ2v) is 6.29. The Hall–Kier alpha value is -1.26. The molecule has 0 fully saturated rings. The molecule has 1 atom stereocenters. The van der Waals surface area contributed by atoms with Gasteiger partial charge in [0.15, 0.2) is 0 Å². The standard InChI is InChI=1S/C17H24N2OS/c1-4-14-10-15(19(5-2)18-14)11-16(20)12-21-17-9-7-6-8-13(17)3/h6-10,16,20H,4-5,11-12H2,1-3H3. The van der Waals surface area contributed by atoms with Crippen molar-refractivity contribution in [3.05, 3.63) is 47.3 Å². The molecule has 0 amide bonds. The van der Waals surface area contributed by atoms with Crippen LogP contribution in [0.5, 0.6) is 0 Å². The minimum absolute atomic E-state index is 0.346. The van der Waals surface area contributed by atoms with Gasteiger partial charge in [-0.1, -0.05) is 25.1 Å². The lowest BCUT2D eigenvalue weighted by Crippen LogP contribution is -2.16. The van der Waals surface area contributed by atoms with Crippen molar-refractivity contribution < 1.29 is 5.11 Å². The molecule has 0 bridgehead atoms. The summed E-state index contributed by atoms with van der Waals surface area (Å²) >= 11 is 1.72. The summed E-state index contributed by atoms with van der Waals surface area (Å²) in [6.07, 6.45) is 1.26. The van der Waals surface area contributed by atoms with Crippen molar-refractivity contribution in [1.82, 2.24) is 9.78 Å². The Kier molecular flexibility index (Phi) is 5.88. The molecular formula is C17H24N2OS. The highest BCUT2D eigenvalue weighted by Gasteiger charge is 2.12. The summed E-state index contributed by atoms with van der Waals surface area (Å²) in [7, 11) is 0. The molecule has 0 spiro atoms. The van der Waals surface area contributed by atoms with Gasteiger partial charge in [-0.05, 0) is 38.0 Å². The fourth-order valence-electron chi connectivity index (χ4n) is 2.33. The zero-order valence-electron chi connectivity index (χ0n) is 13.0. The van der Waals surface area contributed by atoms with E-state index in [0.717, 1.165) is 24.4 Å². The monoisotopic (exact) mass is 304 g/mol. The zero-order valence-corrected chi connectivity index (χ0v) is 13.9. The number of hydrogen-bond acceptors (Lipinski definition) is 3. The van der Waals surface area contributed by atoms with Gasteiger partial charge in [0.2, 0.25) is 0 Å². The number of thioether (sulfide) groups is 1. The van der Waals surface area contributed by atoms with Crippen molar-refractivity contribution in [2.24, 2.45) is 0 Å². The molecule has 4 heteroatoms. The van der Waals surface area contributed by atoms with E-state index in [4.69, 9.17) is 0 Å². The summed E-state index contributed by atoms with van der Waals surface area (Å²) in [6.45, 7) is 7.16. The minimum Gasteiger partial charge on any atom is -0.392 e. The third kappa shape index (κ3) is 4.35. The van der Waals surface area contributed by atoms with Crippen LogP contribution in [0, 0.1) is 6.92 Å². The van der Waals surface area contributed by atoms with Gasteiger partial charge in [-0.15, -0.1) is 11.8 Å². The van der Waals surface area contributed by atoms with Gasteiger partial charge in [0.25, 0.3) is 0 Å². The van der Waals surface area contributed by atoms with E-state index < -0.39 is 0 Å². The molecule has 2 rings (SSSR count). The molecule has 0 aliphatic rings. The Morgan fingerprint density at radius 3 is 2.71 bits per heavy atom. The van der Waals surface area contributed by atoms with Crippen molar-refractivity contribution in [2.45, 2.75) is 51.2 Å². The predicted octanol–water partition coefficient (Wildman–Crippen LogP) is 3.47. The highest BCUT2D eigenvalue weighted by atomic mass is 32.2. The van der Waals surface area contributed by atoms with Crippen LogP contribution in [-0.4, -0.2) is 26.7 Å². The third-order valence-corrected chi connectivity index (χ3v) is 4.87. The first kappa shape index (κ1) is 16.1. The Balaban J connectivity index is 1.94. The number of aliphatic hydroxyl groups is 1. The number of rotatable bonds is 7. The van der Waals surface area contributed by atoms with E-state index in [1.165, 1.54) is 10.5 Å². The molecule has 1 aromatic heterocycles. The lowest BCUT2D eigenvalue weighted by molar-refractivity contribution is 0.197. The van der Waals surface area contributed by atoms with Crippen LogP contribution in [0.25, 0.3) is 0 Å². The Morgan fingerprint density at radius 2 is 2.05 bits per heavy atom. The normalized spacial score (nSPS) is 12.6. The van der Waals surface area contributed by atoms with Crippen LogP contribution < -0.4 is 0 Å². The van der Waals surface area contributed by atoms with Gasteiger partial charge in [0.1, 0.15) is 0 Å². The third-order valence-electron chi connectivity index (χ3n) is 3.55. The number of benzene rings is 1. The summed E-state index contributed by atoms with van der Waals surface area (Å²) in [5.41, 5.74) is 3.50. The molecule has 0 aliphatic heterocycles. The average Bonchev–Trinajstić information content (AvgIpc) is 2.88. The maximum atomic E-state index is 10.3. The molecule has 0 radical (unpaired) electrons. The molecule has 1 unspecified atom stereocenters. The van der Waals surface area contributed by atoms with E-state index in [2.05, 4.69) is 44.1 Å². The zero-order chi connectivity index (χ0) is 15.2. The molecule has 114 valence electrons. The molecule has 21 heavy (non-hydrogen) atoms. The highest BCUT2D eigenvalue weighted by Crippen LogP contribution is 2.23. The minimum atomic E-state index is -0.346.